The first-order valence-electron chi connectivity index (χ1n) is 7.21. The number of hydrogen-bond donors (Lipinski definition) is 1. The number of anilines is 1. The molecule has 1 aromatic heterocycles. The fourth-order valence-corrected chi connectivity index (χ4v) is 2.47. The zero-order valence-corrected chi connectivity index (χ0v) is 12.0. The number of nitrogens with two attached hydrogens (primary N) is 1. The molecule has 0 saturated carbocycles. The van der Waals surface area contributed by atoms with Crippen molar-refractivity contribution >= 4 is 5.69 Å². The molecule has 2 rings (SSSR count). The molecule has 2 heterocycles. The summed E-state index contributed by atoms with van der Waals surface area (Å²) in [7, 11) is 2.13. The Morgan fingerprint density at radius 2 is 2.16 bits per heavy atom. The zero-order valence-electron chi connectivity index (χ0n) is 12.0. The van der Waals surface area contributed by atoms with Gasteiger partial charge in [0.25, 0.3) is 0 Å². The minimum absolute atomic E-state index is 0.0508. The van der Waals surface area contributed by atoms with Crippen molar-refractivity contribution in [2.24, 2.45) is 11.7 Å². The van der Waals surface area contributed by atoms with E-state index in [4.69, 9.17) is 10.5 Å². The summed E-state index contributed by atoms with van der Waals surface area (Å²) in [6.45, 7) is 4.96. The van der Waals surface area contributed by atoms with Crippen molar-refractivity contribution in [1.82, 2.24) is 4.98 Å². The van der Waals surface area contributed by atoms with Crippen molar-refractivity contribution in [1.29, 1.82) is 0 Å². The van der Waals surface area contributed by atoms with Crippen LogP contribution < -0.4 is 10.6 Å². The van der Waals surface area contributed by atoms with Gasteiger partial charge in [-0.3, -0.25) is 4.98 Å². The van der Waals surface area contributed by atoms with Gasteiger partial charge in [0.2, 0.25) is 0 Å². The van der Waals surface area contributed by atoms with Crippen molar-refractivity contribution in [2.45, 2.75) is 32.2 Å². The monoisotopic (exact) mass is 263 g/mol. The molecule has 0 aliphatic carbocycles. The molecule has 4 nitrogen and oxygen atoms in total. The van der Waals surface area contributed by atoms with Crippen LogP contribution in [-0.4, -0.2) is 31.8 Å². The van der Waals surface area contributed by atoms with Crippen LogP contribution in [0.5, 0.6) is 0 Å². The highest BCUT2D eigenvalue weighted by Gasteiger charge is 2.16. The van der Waals surface area contributed by atoms with Crippen LogP contribution in [0.3, 0.4) is 0 Å². The highest BCUT2D eigenvalue weighted by atomic mass is 16.5. The minimum atomic E-state index is 0.0508. The van der Waals surface area contributed by atoms with E-state index in [0.717, 1.165) is 50.6 Å². The lowest BCUT2D eigenvalue weighted by Gasteiger charge is -2.28. The van der Waals surface area contributed by atoms with Gasteiger partial charge < -0.3 is 15.4 Å². The second kappa shape index (κ2) is 6.87. The summed E-state index contributed by atoms with van der Waals surface area (Å²) >= 11 is 0. The molecule has 0 unspecified atom stereocenters. The molecule has 0 bridgehead atoms. The largest absolute Gasteiger partial charge is 0.381 e. The lowest BCUT2D eigenvalue weighted by atomic mass is 10.00. The van der Waals surface area contributed by atoms with Gasteiger partial charge in [-0.25, -0.2) is 0 Å². The quantitative estimate of drug-likeness (QED) is 0.886. The Labute approximate surface area is 116 Å². The Kier molecular flexibility index (Phi) is 5.16. The number of ether oxygens (including phenoxy) is 1. The molecule has 0 amide bonds. The van der Waals surface area contributed by atoms with Gasteiger partial charge in [-0.15, -0.1) is 0 Å². The lowest BCUT2D eigenvalue weighted by molar-refractivity contribution is 0.0685. The Morgan fingerprint density at radius 3 is 2.74 bits per heavy atom. The van der Waals surface area contributed by atoms with Crippen molar-refractivity contribution < 1.29 is 4.74 Å². The summed E-state index contributed by atoms with van der Waals surface area (Å²) in [6.07, 6.45) is 5.18. The molecule has 0 spiro atoms. The van der Waals surface area contributed by atoms with Gasteiger partial charge >= 0.3 is 0 Å². The highest BCUT2D eigenvalue weighted by Crippen LogP contribution is 2.20. The molecule has 1 atom stereocenters. The Morgan fingerprint density at radius 1 is 1.42 bits per heavy atom. The van der Waals surface area contributed by atoms with Gasteiger partial charge in [0, 0.05) is 32.8 Å². The van der Waals surface area contributed by atoms with Gasteiger partial charge in [-0.2, -0.15) is 0 Å². The summed E-state index contributed by atoms with van der Waals surface area (Å²) in [5.41, 5.74) is 8.12. The summed E-state index contributed by atoms with van der Waals surface area (Å²) in [5.74, 6) is 0.733. The summed E-state index contributed by atoms with van der Waals surface area (Å²) in [4.78, 5) is 6.75. The van der Waals surface area contributed by atoms with E-state index in [1.165, 1.54) is 5.69 Å². The molecule has 4 heteroatoms. The van der Waals surface area contributed by atoms with Crippen LogP contribution in [0.1, 0.15) is 37.9 Å². The van der Waals surface area contributed by atoms with E-state index in [0.29, 0.717) is 0 Å². The van der Waals surface area contributed by atoms with Crippen LogP contribution >= 0.6 is 0 Å². The fourth-order valence-electron chi connectivity index (χ4n) is 2.47. The van der Waals surface area contributed by atoms with Gasteiger partial charge in [0.1, 0.15) is 0 Å². The predicted molar refractivity (Wildman–Crippen MR) is 78.3 cm³/mol. The molecular formula is C15H25N3O. The average molecular weight is 263 g/mol. The van der Waals surface area contributed by atoms with Crippen LogP contribution in [0.25, 0.3) is 0 Å². The van der Waals surface area contributed by atoms with Crippen LogP contribution in [0.2, 0.25) is 0 Å². The fraction of sp³-hybridized carbons (Fsp3) is 0.667. The lowest BCUT2D eigenvalue weighted by Crippen LogP contribution is -2.29. The van der Waals surface area contributed by atoms with E-state index >= 15 is 0 Å². The smallest absolute Gasteiger partial charge is 0.0572 e. The molecule has 1 aromatic rings. The second-order valence-corrected chi connectivity index (χ2v) is 5.39. The SMILES string of the molecule is CC[C@@H](N)c1ccc(N(C)CC2CCOCC2)cn1. The number of aromatic nitrogens is 1. The first kappa shape index (κ1) is 14.3. The van der Waals surface area contributed by atoms with Crippen molar-refractivity contribution in [3.05, 3.63) is 24.0 Å². The van der Waals surface area contributed by atoms with E-state index in [2.05, 4.69) is 29.9 Å². The molecular weight excluding hydrogens is 238 g/mol. The third-order valence-corrected chi connectivity index (χ3v) is 3.90. The average Bonchev–Trinajstić information content (AvgIpc) is 2.47. The number of hydrogen-bond acceptors (Lipinski definition) is 4. The molecule has 19 heavy (non-hydrogen) atoms. The van der Waals surface area contributed by atoms with E-state index in [-0.39, 0.29) is 6.04 Å². The first-order chi connectivity index (χ1) is 9.20. The Bertz CT molecular complexity index is 373. The van der Waals surface area contributed by atoms with Crippen LogP contribution in [-0.2, 0) is 4.74 Å². The van der Waals surface area contributed by atoms with Gasteiger partial charge in [-0.05, 0) is 37.3 Å². The number of nitrogens with zero attached hydrogens (tertiary/aromatic N) is 2. The van der Waals surface area contributed by atoms with Crippen molar-refractivity contribution in [2.75, 3.05) is 31.7 Å². The molecule has 2 N–H and O–H groups in total. The normalized spacial score (nSPS) is 18.3. The molecule has 1 saturated heterocycles. The maximum Gasteiger partial charge on any atom is 0.0572 e. The maximum atomic E-state index is 5.98. The molecule has 0 radical (unpaired) electrons. The van der Waals surface area contributed by atoms with E-state index in [9.17, 15) is 0 Å². The molecule has 1 fully saturated rings. The van der Waals surface area contributed by atoms with Gasteiger partial charge in [0.15, 0.2) is 0 Å². The number of rotatable bonds is 5. The van der Waals surface area contributed by atoms with E-state index < -0.39 is 0 Å². The maximum absolute atomic E-state index is 5.98. The van der Waals surface area contributed by atoms with Gasteiger partial charge in [-0.1, -0.05) is 6.92 Å². The van der Waals surface area contributed by atoms with Gasteiger partial charge in [0.05, 0.1) is 17.6 Å². The summed E-state index contributed by atoms with van der Waals surface area (Å²) in [6, 6.07) is 4.22. The summed E-state index contributed by atoms with van der Waals surface area (Å²) < 4.78 is 5.40. The van der Waals surface area contributed by atoms with Crippen LogP contribution in [0.15, 0.2) is 18.3 Å². The highest BCUT2D eigenvalue weighted by molar-refractivity contribution is 5.43. The molecule has 1 aliphatic heterocycles. The summed E-state index contributed by atoms with van der Waals surface area (Å²) in [5, 5.41) is 0. The van der Waals surface area contributed by atoms with Crippen molar-refractivity contribution in [3.8, 4) is 0 Å². The standard InChI is InChI=1S/C15H25N3O/c1-3-14(16)15-5-4-13(10-17-15)18(2)11-12-6-8-19-9-7-12/h4-5,10,12,14H,3,6-9,11,16H2,1-2H3/t14-/m1/s1. The van der Waals surface area contributed by atoms with E-state index in [1.807, 2.05) is 12.3 Å². The second-order valence-electron chi connectivity index (χ2n) is 5.39. The first-order valence-corrected chi connectivity index (χ1v) is 7.21. The molecule has 1 aliphatic rings. The topological polar surface area (TPSA) is 51.4 Å². The third kappa shape index (κ3) is 3.91. The van der Waals surface area contributed by atoms with Crippen LogP contribution in [0, 0.1) is 5.92 Å². The van der Waals surface area contributed by atoms with E-state index in [1.54, 1.807) is 0 Å². The molecule has 106 valence electrons. The predicted octanol–water partition coefficient (Wildman–Crippen LogP) is 2.35. The van der Waals surface area contributed by atoms with Crippen LogP contribution in [0.4, 0.5) is 5.69 Å². The third-order valence-electron chi connectivity index (χ3n) is 3.90. The number of pyridine rings is 1. The minimum Gasteiger partial charge on any atom is -0.381 e. The Balaban J connectivity index is 1.93. The molecule has 0 aromatic carbocycles. The van der Waals surface area contributed by atoms with Crippen molar-refractivity contribution in [3.63, 3.8) is 0 Å². The Hall–Kier alpha value is -1.13. The zero-order chi connectivity index (χ0) is 13.7.